The van der Waals surface area contributed by atoms with Crippen LogP contribution in [0.25, 0.3) is 0 Å². The van der Waals surface area contributed by atoms with Crippen LogP contribution in [0.1, 0.15) is 35.7 Å². The van der Waals surface area contributed by atoms with Gasteiger partial charge in [0.25, 0.3) is 5.91 Å². The van der Waals surface area contributed by atoms with E-state index in [2.05, 4.69) is 0 Å². The van der Waals surface area contributed by atoms with Crippen LogP contribution in [0, 0.1) is 6.92 Å². The minimum absolute atomic E-state index is 0.0399. The molecule has 1 aliphatic heterocycles. The highest BCUT2D eigenvalue weighted by atomic mass is 16.5. The Morgan fingerprint density at radius 3 is 2.68 bits per heavy atom. The van der Waals surface area contributed by atoms with Crippen LogP contribution in [0.3, 0.4) is 0 Å². The highest BCUT2D eigenvalue weighted by Gasteiger charge is 2.22. The van der Waals surface area contributed by atoms with Gasteiger partial charge in [-0.15, -0.1) is 0 Å². The lowest BCUT2D eigenvalue weighted by Crippen LogP contribution is -2.40. The number of carbonyl (C=O) groups is 1. The number of rotatable bonds is 3. The number of aryl methyl sites for hydroxylation is 1. The molecule has 1 N–H and O–H groups in total. The Bertz CT molecular complexity index is 451. The molecule has 1 fully saturated rings. The molecule has 2 rings (SSSR count). The van der Waals surface area contributed by atoms with E-state index in [0.29, 0.717) is 38.1 Å². The number of aliphatic hydroxyl groups excluding tert-OH is 1. The fourth-order valence-electron chi connectivity index (χ4n) is 2.35. The summed E-state index contributed by atoms with van der Waals surface area (Å²) in [6.45, 7) is 5.77. The minimum Gasteiger partial charge on any atom is -0.494 e. The second-order valence-corrected chi connectivity index (χ2v) is 4.94. The van der Waals surface area contributed by atoms with Gasteiger partial charge in [0.15, 0.2) is 0 Å². The van der Waals surface area contributed by atoms with E-state index in [1.807, 2.05) is 36.9 Å². The van der Waals surface area contributed by atoms with E-state index < -0.39 is 0 Å². The number of hydrogen-bond acceptors (Lipinski definition) is 3. The molecule has 0 aromatic heterocycles. The minimum atomic E-state index is -0.258. The molecule has 1 heterocycles. The zero-order valence-electron chi connectivity index (χ0n) is 11.6. The first kappa shape index (κ1) is 13.9. The Hall–Kier alpha value is -1.55. The van der Waals surface area contributed by atoms with Crippen LogP contribution in [0.4, 0.5) is 0 Å². The number of ether oxygens (including phenoxy) is 1. The molecular formula is C15H21NO3. The van der Waals surface area contributed by atoms with Crippen molar-refractivity contribution in [3.05, 3.63) is 29.3 Å². The molecule has 0 saturated carbocycles. The molecule has 4 nitrogen and oxygen atoms in total. The zero-order chi connectivity index (χ0) is 13.8. The van der Waals surface area contributed by atoms with Crippen molar-refractivity contribution in [2.45, 2.75) is 32.8 Å². The Balaban J connectivity index is 2.09. The van der Waals surface area contributed by atoms with Gasteiger partial charge in [-0.1, -0.05) is 0 Å². The Morgan fingerprint density at radius 2 is 2.11 bits per heavy atom. The first-order chi connectivity index (χ1) is 9.11. The molecule has 0 bridgehead atoms. The lowest BCUT2D eigenvalue weighted by atomic mass is 10.1. The van der Waals surface area contributed by atoms with Crippen LogP contribution in [0.15, 0.2) is 18.2 Å². The summed E-state index contributed by atoms with van der Waals surface area (Å²) in [5.74, 6) is 0.867. The van der Waals surface area contributed by atoms with Gasteiger partial charge in [0.05, 0.1) is 12.7 Å². The number of piperidine rings is 1. The highest BCUT2D eigenvalue weighted by molar-refractivity contribution is 5.94. The summed E-state index contributed by atoms with van der Waals surface area (Å²) in [6, 6.07) is 5.54. The van der Waals surface area contributed by atoms with Crippen molar-refractivity contribution >= 4 is 5.91 Å². The number of aliphatic hydroxyl groups is 1. The summed E-state index contributed by atoms with van der Waals surface area (Å²) in [6.07, 6.45) is 1.08. The zero-order valence-corrected chi connectivity index (χ0v) is 11.6. The number of amides is 1. The maximum Gasteiger partial charge on any atom is 0.253 e. The monoisotopic (exact) mass is 263 g/mol. The second-order valence-electron chi connectivity index (χ2n) is 4.94. The van der Waals surface area contributed by atoms with Gasteiger partial charge in [-0.05, 0) is 50.5 Å². The molecule has 1 aromatic carbocycles. The third-order valence-electron chi connectivity index (χ3n) is 3.47. The third-order valence-corrected chi connectivity index (χ3v) is 3.47. The van der Waals surface area contributed by atoms with Crippen LogP contribution in [-0.4, -0.2) is 41.7 Å². The number of benzene rings is 1. The van der Waals surface area contributed by atoms with Gasteiger partial charge in [0.1, 0.15) is 5.75 Å². The van der Waals surface area contributed by atoms with E-state index in [1.165, 1.54) is 0 Å². The summed E-state index contributed by atoms with van der Waals surface area (Å²) >= 11 is 0. The fraction of sp³-hybridized carbons (Fsp3) is 0.533. The highest BCUT2D eigenvalue weighted by Crippen LogP contribution is 2.21. The van der Waals surface area contributed by atoms with Crippen LogP contribution in [-0.2, 0) is 0 Å². The fourth-order valence-corrected chi connectivity index (χ4v) is 2.35. The van der Waals surface area contributed by atoms with Crippen molar-refractivity contribution in [1.82, 2.24) is 4.90 Å². The SMILES string of the molecule is CCOc1ccc(C(=O)N2CCC(O)CC2)cc1C. The first-order valence-electron chi connectivity index (χ1n) is 6.82. The van der Waals surface area contributed by atoms with E-state index in [4.69, 9.17) is 4.74 Å². The maximum atomic E-state index is 12.3. The van der Waals surface area contributed by atoms with Crippen LogP contribution in [0.5, 0.6) is 5.75 Å². The number of carbonyl (C=O) groups excluding carboxylic acids is 1. The number of likely N-dealkylation sites (tertiary alicyclic amines) is 1. The van der Waals surface area contributed by atoms with Crippen molar-refractivity contribution in [1.29, 1.82) is 0 Å². The van der Waals surface area contributed by atoms with E-state index >= 15 is 0 Å². The smallest absolute Gasteiger partial charge is 0.253 e. The van der Waals surface area contributed by atoms with Crippen molar-refractivity contribution in [2.24, 2.45) is 0 Å². The van der Waals surface area contributed by atoms with Crippen molar-refractivity contribution in [3.63, 3.8) is 0 Å². The average molecular weight is 263 g/mol. The lowest BCUT2D eigenvalue weighted by Gasteiger charge is -2.29. The van der Waals surface area contributed by atoms with E-state index in [-0.39, 0.29) is 12.0 Å². The van der Waals surface area contributed by atoms with E-state index in [9.17, 15) is 9.90 Å². The topological polar surface area (TPSA) is 49.8 Å². The molecule has 1 aromatic rings. The summed E-state index contributed by atoms with van der Waals surface area (Å²) in [7, 11) is 0. The van der Waals surface area contributed by atoms with Gasteiger partial charge >= 0.3 is 0 Å². The second kappa shape index (κ2) is 6.06. The molecule has 0 atom stereocenters. The Kier molecular flexibility index (Phi) is 4.43. The molecule has 19 heavy (non-hydrogen) atoms. The number of hydrogen-bond donors (Lipinski definition) is 1. The first-order valence-corrected chi connectivity index (χ1v) is 6.82. The van der Waals surface area contributed by atoms with Crippen LogP contribution < -0.4 is 4.74 Å². The van der Waals surface area contributed by atoms with Gasteiger partial charge in [-0.25, -0.2) is 0 Å². The Labute approximate surface area is 114 Å². The molecule has 1 amide bonds. The molecule has 0 unspecified atom stereocenters. The van der Waals surface area contributed by atoms with Gasteiger partial charge in [0.2, 0.25) is 0 Å². The van der Waals surface area contributed by atoms with Gasteiger partial charge in [-0.2, -0.15) is 0 Å². The Morgan fingerprint density at radius 1 is 1.42 bits per heavy atom. The third kappa shape index (κ3) is 3.26. The van der Waals surface area contributed by atoms with Crippen molar-refractivity contribution in [3.8, 4) is 5.75 Å². The number of nitrogens with zero attached hydrogens (tertiary/aromatic N) is 1. The standard InChI is InChI=1S/C15H21NO3/c1-3-19-14-5-4-12(10-11(14)2)15(18)16-8-6-13(17)7-9-16/h4-5,10,13,17H,3,6-9H2,1-2H3. The molecular weight excluding hydrogens is 242 g/mol. The molecule has 104 valence electrons. The summed E-state index contributed by atoms with van der Waals surface area (Å²) in [4.78, 5) is 14.1. The maximum absolute atomic E-state index is 12.3. The summed E-state index contributed by atoms with van der Waals surface area (Å²) in [5.41, 5.74) is 1.67. The largest absolute Gasteiger partial charge is 0.494 e. The van der Waals surface area contributed by atoms with Crippen molar-refractivity contribution in [2.75, 3.05) is 19.7 Å². The van der Waals surface area contributed by atoms with Crippen LogP contribution in [0.2, 0.25) is 0 Å². The van der Waals surface area contributed by atoms with Gasteiger partial charge in [0, 0.05) is 18.7 Å². The lowest BCUT2D eigenvalue weighted by molar-refractivity contribution is 0.0546. The van der Waals surface area contributed by atoms with E-state index in [1.54, 1.807) is 0 Å². The van der Waals surface area contributed by atoms with E-state index in [0.717, 1.165) is 11.3 Å². The summed E-state index contributed by atoms with van der Waals surface area (Å²) in [5, 5.41) is 9.46. The average Bonchev–Trinajstić information content (AvgIpc) is 2.41. The molecule has 1 saturated heterocycles. The molecule has 4 heteroatoms. The van der Waals surface area contributed by atoms with Gasteiger partial charge < -0.3 is 14.7 Å². The predicted octanol–water partition coefficient (Wildman–Crippen LogP) is 1.99. The van der Waals surface area contributed by atoms with Crippen molar-refractivity contribution < 1.29 is 14.6 Å². The quantitative estimate of drug-likeness (QED) is 0.907. The normalized spacial score (nSPS) is 16.5. The molecule has 1 aliphatic rings. The summed E-state index contributed by atoms with van der Waals surface area (Å²) < 4.78 is 5.47. The molecule has 0 aliphatic carbocycles. The molecule has 0 radical (unpaired) electrons. The molecule has 0 spiro atoms. The van der Waals surface area contributed by atoms with Crippen LogP contribution >= 0.6 is 0 Å². The predicted molar refractivity (Wildman–Crippen MR) is 73.5 cm³/mol. The van der Waals surface area contributed by atoms with Gasteiger partial charge in [-0.3, -0.25) is 4.79 Å².